The average molecular weight is 217 g/mol. The Morgan fingerprint density at radius 2 is 2.00 bits per heavy atom. The maximum atomic E-state index is 11.2. The van der Waals surface area contributed by atoms with Crippen molar-refractivity contribution in [2.24, 2.45) is 0 Å². The molecule has 0 aliphatic carbocycles. The minimum atomic E-state index is -0.982. The van der Waals surface area contributed by atoms with Gasteiger partial charge in [-0.1, -0.05) is 0 Å². The van der Waals surface area contributed by atoms with Crippen LogP contribution in [-0.4, -0.2) is 21.8 Å². The molecule has 0 aliphatic rings. The van der Waals surface area contributed by atoms with Gasteiger partial charge in [-0.25, -0.2) is 4.79 Å². The number of carboxylic acids is 1. The number of aryl methyl sites for hydroxylation is 1. The van der Waals surface area contributed by atoms with E-state index in [1.54, 1.807) is 25.1 Å². The van der Waals surface area contributed by atoms with Gasteiger partial charge in [0.2, 0.25) is 0 Å². The Morgan fingerprint density at radius 1 is 1.31 bits per heavy atom. The van der Waals surface area contributed by atoms with Crippen LogP contribution in [0.25, 0.3) is 10.9 Å². The quantitative estimate of drug-likeness (QED) is 0.758. The molecule has 0 bridgehead atoms. The smallest absolute Gasteiger partial charge is 0.338 e. The Labute approximate surface area is 91.9 Å². The monoisotopic (exact) mass is 217 g/mol. The summed E-state index contributed by atoms with van der Waals surface area (Å²) in [7, 11) is 0. The minimum Gasteiger partial charge on any atom is -0.478 e. The van der Waals surface area contributed by atoms with Crippen molar-refractivity contribution in [3.63, 3.8) is 0 Å². The van der Waals surface area contributed by atoms with Gasteiger partial charge in [-0.15, -0.1) is 0 Å². The Morgan fingerprint density at radius 3 is 2.56 bits per heavy atom. The number of rotatable bonds is 2. The van der Waals surface area contributed by atoms with Crippen LogP contribution >= 0.6 is 0 Å². The summed E-state index contributed by atoms with van der Waals surface area (Å²) in [6, 6.07) is 5.03. The van der Waals surface area contributed by atoms with Gasteiger partial charge < -0.3 is 10.1 Å². The highest BCUT2D eigenvalue weighted by Crippen LogP contribution is 2.23. The first-order valence-corrected chi connectivity index (χ1v) is 4.87. The van der Waals surface area contributed by atoms with E-state index < -0.39 is 5.97 Å². The van der Waals surface area contributed by atoms with Crippen molar-refractivity contribution in [3.05, 3.63) is 35.0 Å². The largest absolute Gasteiger partial charge is 0.478 e. The molecule has 2 aromatic rings. The number of carboxylic acid groups (broad SMARTS) is 1. The lowest BCUT2D eigenvalue weighted by atomic mass is 10.1. The molecule has 0 amide bonds. The second-order valence-electron chi connectivity index (χ2n) is 3.75. The molecule has 4 nitrogen and oxygen atoms in total. The fraction of sp³-hybridized carbons (Fsp3) is 0.167. The number of aromatic nitrogens is 1. The molecule has 0 unspecified atom stereocenters. The second kappa shape index (κ2) is 3.48. The molecule has 82 valence electrons. The van der Waals surface area contributed by atoms with Crippen LogP contribution in [0.15, 0.2) is 18.2 Å². The Hall–Kier alpha value is -2.10. The van der Waals surface area contributed by atoms with Gasteiger partial charge in [0.15, 0.2) is 5.78 Å². The number of hydrogen-bond donors (Lipinski definition) is 2. The molecule has 2 N–H and O–H groups in total. The molecule has 4 heteroatoms. The van der Waals surface area contributed by atoms with Crippen molar-refractivity contribution in [2.45, 2.75) is 13.8 Å². The van der Waals surface area contributed by atoms with Crippen LogP contribution in [0.5, 0.6) is 0 Å². The molecule has 0 atom stereocenters. The van der Waals surface area contributed by atoms with Crippen LogP contribution in [0.1, 0.15) is 33.3 Å². The van der Waals surface area contributed by atoms with Crippen molar-refractivity contribution in [1.82, 2.24) is 4.98 Å². The van der Waals surface area contributed by atoms with Crippen LogP contribution in [0.3, 0.4) is 0 Å². The standard InChI is InChI=1S/C12H11NO3/c1-6-11(12(15)16)9-5-8(7(2)14)3-4-10(9)13-6/h3-5,13H,1-2H3,(H,15,16). The highest BCUT2D eigenvalue weighted by Gasteiger charge is 2.15. The van der Waals surface area contributed by atoms with Crippen LogP contribution in [-0.2, 0) is 0 Å². The first-order valence-electron chi connectivity index (χ1n) is 4.87. The molecule has 0 aliphatic heterocycles. The van der Waals surface area contributed by atoms with Gasteiger partial charge in [0.05, 0.1) is 5.56 Å². The van der Waals surface area contributed by atoms with Gasteiger partial charge in [-0.3, -0.25) is 4.79 Å². The van der Waals surface area contributed by atoms with E-state index in [1.165, 1.54) is 6.92 Å². The van der Waals surface area contributed by atoms with Crippen molar-refractivity contribution in [1.29, 1.82) is 0 Å². The second-order valence-corrected chi connectivity index (χ2v) is 3.75. The normalized spacial score (nSPS) is 10.6. The lowest BCUT2D eigenvalue weighted by Gasteiger charge is -1.97. The molecule has 0 spiro atoms. The summed E-state index contributed by atoms with van der Waals surface area (Å²) < 4.78 is 0. The molecular weight excluding hydrogens is 206 g/mol. The molecule has 0 fully saturated rings. The van der Waals surface area contributed by atoms with Crippen LogP contribution in [0, 0.1) is 6.92 Å². The summed E-state index contributed by atoms with van der Waals surface area (Å²) in [6.45, 7) is 3.16. The lowest BCUT2D eigenvalue weighted by Crippen LogP contribution is -1.98. The van der Waals surface area contributed by atoms with Gasteiger partial charge in [-0.05, 0) is 32.0 Å². The minimum absolute atomic E-state index is 0.0721. The summed E-state index contributed by atoms with van der Waals surface area (Å²) in [5.41, 5.74) is 2.09. The number of fused-ring (bicyclic) bond motifs is 1. The third kappa shape index (κ3) is 1.48. The SMILES string of the molecule is CC(=O)c1ccc2[nH]c(C)c(C(=O)O)c2c1. The fourth-order valence-corrected chi connectivity index (χ4v) is 1.82. The number of Topliss-reactive ketones (excluding diaryl/α,β-unsaturated/α-hetero) is 1. The molecule has 16 heavy (non-hydrogen) atoms. The number of hydrogen-bond acceptors (Lipinski definition) is 2. The zero-order chi connectivity index (χ0) is 11.9. The van der Waals surface area contributed by atoms with Crippen LogP contribution in [0.4, 0.5) is 0 Å². The van der Waals surface area contributed by atoms with E-state index in [-0.39, 0.29) is 11.3 Å². The summed E-state index contributed by atoms with van der Waals surface area (Å²) >= 11 is 0. The number of nitrogens with one attached hydrogen (secondary N) is 1. The molecule has 0 saturated carbocycles. The molecule has 1 aromatic heterocycles. The van der Waals surface area contributed by atoms with E-state index in [2.05, 4.69) is 4.98 Å². The van der Waals surface area contributed by atoms with Gasteiger partial charge in [0.25, 0.3) is 0 Å². The Kier molecular flexibility index (Phi) is 2.27. The first kappa shape index (κ1) is 10.4. The van der Waals surface area contributed by atoms with Crippen molar-refractivity contribution < 1.29 is 14.7 Å². The maximum Gasteiger partial charge on any atom is 0.338 e. The molecule has 2 rings (SSSR count). The van der Waals surface area contributed by atoms with E-state index in [0.29, 0.717) is 16.6 Å². The van der Waals surface area contributed by atoms with E-state index in [0.717, 1.165) is 5.52 Å². The van der Waals surface area contributed by atoms with Gasteiger partial charge in [0.1, 0.15) is 0 Å². The number of benzene rings is 1. The zero-order valence-electron chi connectivity index (χ0n) is 9.00. The number of aromatic carboxylic acids is 1. The summed E-state index contributed by atoms with van der Waals surface area (Å²) in [5.74, 6) is -1.05. The van der Waals surface area contributed by atoms with Crippen LogP contribution < -0.4 is 0 Å². The summed E-state index contributed by atoms with van der Waals surface area (Å²) in [5, 5.41) is 9.66. The van der Waals surface area contributed by atoms with E-state index in [4.69, 9.17) is 5.11 Å². The summed E-state index contributed by atoms with van der Waals surface area (Å²) in [4.78, 5) is 25.3. The van der Waals surface area contributed by atoms with E-state index in [1.807, 2.05) is 0 Å². The molecule has 0 saturated heterocycles. The topological polar surface area (TPSA) is 70.2 Å². The van der Waals surface area contributed by atoms with Gasteiger partial charge >= 0.3 is 5.97 Å². The van der Waals surface area contributed by atoms with Crippen molar-refractivity contribution >= 4 is 22.7 Å². The highest BCUT2D eigenvalue weighted by atomic mass is 16.4. The van der Waals surface area contributed by atoms with Crippen LogP contribution in [0.2, 0.25) is 0 Å². The fourth-order valence-electron chi connectivity index (χ4n) is 1.82. The van der Waals surface area contributed by atoms with E-state index >= 15 is 0 Å². The number of aromatic amines is 1. The molecule has 0 radical (unpaired) electrons. The van der Waals surface area contributed by atoms with Crippen molar-refractivity contribution in [3.8, 4) is 0 Å². The lowest BCUT2D eigenvalue weighted by molar-refractivity contribution is 0.0698. The number of carbonyl (C=O) groups excluding carboxylic acids is 1. The van der Waals surface area contributed by atoms with Gasteiger partial charge in [-0.2, -0.15) is 0 Å². The predicted octanol–water partition coefficient (Wildman–Crippen LogP) is 2.38. The zero-order valence-corrected chi connectivity index (χ0v) is 9.00. The van der Waals surface area contributed by atoms with Gasteiger partial charge in [0, 0.05) is 22.2 Å². The van der Waals surface area contributed by atoms with E-state index in [9.17, 15) is 9.59 Å². The Bertz CT molecular complexity index is 596. The number of H-pyrrole nitrogens is 1. The van der Waals surface area contributed by atoms with Crippen molar-refractivity contribution in [2.75, 3.05) is 0 Å². The predicted molar refractivity (Wildman–Crippen MR) is 60.0 cm³/mol. The highest BCUT2D eigenvalue weighted by molar-refractivity contribution is 6.07. The summed E-state index contributed by atoms with van der Waals surface area (Å²) in [6.07, 6.45) is 0. The first-order chi connectivity index (χ1) is 7.50. The number of carbonyl (C=O) groups is 2. The number of ketones is 1. The maximum absolute atomic E-state index is 11.2. The third-order valence-electron chi connectivity index (χ3n) is 2.61. The third-order valence-corrected chi connectivity index (χ3v) is 2.61. The average Bonchev–Trinajstić information content (AvgIpc) is 2.51. The molecular formula is C12H11NO3. The Balaban J connectivity index is 2.79. The molecule has 1 aromatic carbocycles. The molecule has 1 heterocycles.